The fourth-order valence-electron chi connectivity index (χ4n) is 2.88. The van der Waals surface area contributed by atoms with Crippen LogP contribution in [0.25, 0.3) is 10.1 Å². The number of carbonyl (C=O) groups excluding carboxylic acids is 1. The van der Waals surface area contributed by atoms with Crippen LogP contribution in [0, 0.1) is 0 Å². The first-order valence-corrected chi connectivity index (χ1v) is 10.6. The molecule has 0 fully saturated rings. The number of hydrogen-bond acceptors (Lipinski definition) is 6. The molecule has 1 aromatic heterocycles. The molecule has 1 heterocycles. The second-order valence-electron chi connectivity index (χ2n) is 6.26. The average molecular weight is 465 g/mol. The van der Waals surface area contributed by atoms with E-state index in [0.717, 1.165) is 15.6 Å². The van der Waals surface area contributed by atoms with Gasteiger partial charge in [-0.15, -0.1) is 11.3 Å². The number of benzene rings is 2. The molecule has 0 saturated carbocycles. The van der Waals surface area contributed by atoms with Crippen LogP contribution in [0.4, 0.5) is 0 Å². The topological polar surface area (TPSA) is 68.8 Å². The number of carbonyl (C=O) groups is 1. The number of amides is 1. The Hall–Kier alpha value is -2.55. The maximum atomic E-state index is 12.6. The van der Waals surface area contributed by atoms with Crippen LogP contribution in [0.15, 0.2) is 36.4 Å². The monoisotopic (exact) mass is 464 g/mol. The van der Waals surface area contributed by atoms with Crippen molar-refractivity contribution in [2.75, 3.05) is 27.9 Å². The molecule has 6 nitrogen and oxygen atoms in total. The first kappa shape index (κ1) is 22.1. The summed E-state index contributed by atoms with van der Waals surface area (Å²) in [6.45, 7) is 0.548. The SMILES string of the molecule is COc1ccc2c(Cl)c(C(=O)NC(=S)NCCc3ccc(OC)c(OC)c3)sc2c1. The zero-order chi connectivity index (χ0) is 21.7. The standard InChI is InChI=1S/C21H21ClN2O4S2/c1-26-13-5-6-14-17(11-13)30-19(18(14)22)20(25)24-21(29)23-9-8-12-4-7-15(27-2)16(10-12)28-3/h4-7,10-11H,8-9H2,1-3H3,(H2,23,24,25,29). The summed E-state index contributed by atoms with van der Waals surface area (Å²) in [4.78, 5) is 13.0. The molecule has 30 heavy (non-hydrogen) atoms. The predicted octanol–water partition coefficient (Wildman–Crippen LogP) is 4.43. The number of halogens is 1. The fraction of sp³-hybridized carbons (Fsp3) is 0.238. The summed E-state index contributed by atoms with van der Waals surface area (Å²) < 4.78 is 16.6. The van der Waals surface area contributed by atoms with E-state index in [0.29, 0.717) is 40.1 Å². The summed E-state index contributed by atoms with van der Waals surface area (Å²) >= 11 is 12.9. The lowest BCUT2D eigenvalue weighted by Gasteiger charge is -2.11. The number of ether oxygens (including phenoxy) is 3. The number of methoxy groups -OCH3 is 3. The molecule has 9 heteroatoms. The summed E-state index contributed by atoms with van der Waals surface area (Å²) in [6, 6.07) is 11.2. The highest BCUT2D eigenvalue weighted by molar-refractivity contribution is 7.80. The molecule has 3 aromatic rings. The minimum atomic E-state index is -0.344. The molecule has 158 valence electrons. The zero-order valence-corrected chi connectivity index (χ0v) is 19.1. The smallest absolute Gasteiger partial charge is 0.269 e. The van der Waals surface area contributed by atoms with E-state index in [1.54, 1.807) is 21.3 Å². The molecule has 0 aliphatic rings. The summed E-state index contributed by atoms with van der Waals surface area (Å²) in [7, 11) is 4.79. The molecule has 0 bridgehead atoms. The van der Waals surface area contributed by atoms with E-state index in [1.165, 1.54) is 11.3 Å². The Morgan fingerprint density at radius 1 is 1.07 bits per heavy atom. The van der Waals surface area contributed by atoms with Gasteiger partial charge in [-0.2, -0.15) is 0 Å². The van der Waals surface area contributed by atoms with Crippen molar-refractivity contribution in [2.45, 2.75) is 6.42 Å². The van der Waals surface area contributed by atoms with Crippen LogP contribution in [0.2, 0.25) is 5.02 Å². The maximum Gasteiger partial charge on any atom is 0.269 e. The van der Waals surface area contributed by atoms with Gasteiger partial charge in [0, 0.05) is 16.6 Å². The molecule has 0 unspecified atom stereocenters. The largest absolute Gasteiger partial charge is 0.497 e. The third-order valence-corrected chi connectivity index (χ3v) is 6.32. The number of fused-ring (bicyclic) bond motifs is 1. The Morgan fingerprint density at radius 3 is 2.53 bits per heavy atom. The molecular weight excluding hydrogens is 444 g/mol. The number of thiocarbonyl (C=S) groups is 1. The summed E-state index contributed by atoms with van der Waals surface area (Å²) in [5.41, 5.74) is 1.05. The van der Waals surface area contributed by atoms with Gasteiger partial charge in [-0.1, -0.05) is 17.7 Å². The van der Waals surface area contributed by atoms with Crippen molar-refractivity contribution >= 4 is 56.3 Å². The van der Waals surface area contributed by atoms with Gasteiger partial charge in [-0.25, -0.2) is 0 Å². The molecule has 2 aromatic carbocycles. The lowest BCUT2D eigenvalue weighted by atomic mass is 10.1. The van der Waals surface area contributed by atoms with Gasteiger partial charge >= 0.3 is 0 Å². The first-order valence-electron chi connectivity index (χ1n) is 9.03. The Balaban J connectivity index is 1.58. The van der Waals surface area contributed by atoms with Crippen LogP contribution in [0.3, 0.4) is 0 Å². The Morgan fingerprint density at radius 2 is 1.83 bits per heavy atom. The van der Waals surface area contributed by atoms with Crippen molar-refractivity contribution in [2.24, 2.45) is 0 Å². The molecule has 0 radical (unpaired) electrons. The second kappa shape index (κ2) is 9.97. The fourth-order valence-corrected chi connectivity index (χ4v) is 4.51. The number of nitrogens with one attached hydrogen (secondary N) is 2. The molecule has 0 saturated heterocycles. The average Bonchev–Trinajstić information content (AvgIpc) is 3.09. The van der Waals surface area contributed by atoms with Gasteiger partial charge in [0.15, 0.2) is 16.6 Å². The highest BCUT2D eigenvalue weighted by atomic mass is 35.5. The molecule has 1 amide bonds. The van der Waals surface area contributed by atoms with Gasteiger partial charge in [-0.3, -0.25) is 10.1 Å². The van der Waals surface area contributed by atoms with Crippen LogP contribution >= 0.6 is 35.2 Å². The predicted molar refractivity (Wildman–Crippen MR) is 125 cm³/mol. The van der Waals surface area contributed by atoms with Crippen molar-refractivity contribution in [1.82, 2.24) is 10.6 Å². The van der Waals surface area contributed by atoms with E-state index in [9.17, 15) is 4.79 Å². The Labute approximate surface area is 189 Å². The first-order chi connectivity index (χ1) is 14.5. The van der Waals surface area contributed by atoms with Crippen LogP contribution in [-0.4, -0.2) is 38.9 Å². The molecule has 0 spiro atoms. The number of thiophene rings is 1. The summed E-state index contributed by atoms with van der Waals surface area (Å²) in [5, 5.41) is 7.18. The minimum Gasteiger partial charge on any atom is -0.497 e. The molecule has 0 aliphatic carbocycles. The van der Waals surface area contributed by atoms with E-state index in [4.69, 9.17) is 38.0 Å². The van der Waals surface area contributed by atoms with Crippen molar-refractivity contribution in [1.29, 1.82) is 0 Å². The van der Waals surface area contributed by atoms with E-state index in [1.807, 2.05) is 36.4 Å². The zero-order valence-electron chi connectivity index (χ0n) is 16.7. The van der Waals surface area contributed by atoms with E-state index >= 15 is 0 Å². The quantitative estimate of drug-likeness (QED) is 0.504. The lowest BCUT2D eigenvalue weighted by Crippen LogP contribution is -2.39. The van der Waals surface area contributed by atoms with Gasteiger partial charge in [-0.05, 0) is 54.5 Å². The van der Waals surface area contributed by atoms with E-state index in [2.05, 4.69) is 10.6 Å². The van der Waals surface area contributed by atoms with Crippen molar-refractivity contribution in [3.8, 4) is 17.2 Å². The normalized spacial score (nSPS) is 10.5. The van der Waals surface area contributed by atoms with Crippen molar-refractivity contribution < 1.29 is 19.0 Å². The van der Waals surface area contributed by atoms with Crippen molar-refractivity contribution in [3.63, 3.8) is 0 Å². The number of hydrogen-bond donors (Lipinski definition) is 2. The van der Waals surface area contributed by atoms with Crippen LogP contribution in [0.1, 0.15) is 15.2 Å². The van der Waals surface area contributed by atoms with Gasteiger partial charge in [0.25, 0.3) is 5.91 Å². The third kappa shape index (κ3) is 4.95. The minimum absolute atomic E-state index is 0.242. The second-order valence-corrected chi connectivity index (χ2v) is 8.10. The molecule has 2 N–H and O–H groups in total. The van der Waals surface area contributed by atoms with Gasteiger partial charge < -0.3 is 19.5 Å². The van der Waals surface area contributed by atoms with Gasteiger partial charge in [0.1, 0.15) is 10.6 Å². The third-order valence-electron chi connectivity index (χ3n) is 4.42. The molecular formula is C21H21ClN2O4S2. The Kier molecular flexibility index (Phi) is 7.36. The molecule has 0 atom stereocenters. The maximum absolute atomic E-state index is 12.6. The Bertz CT molecular complexity index is 1080. The highest BCUT2D eigenvalue weighted by Crippen LogP contribution is 2.37. The summed E-state index contributed by atoms with van der Waals surface area (Å²) in [5.74, 6) is 1.71. The van der Waals surface area contributed by atoms with Crippen molar-refractivity contribution in [3.05, 3.63) is 51.9 Å². The highest BCUT2D eigenvalue weighted by Gasteiger charge is 2.18. The van der Waals surface area contributed by atoms with Gasteiger partial charge in [0.05, 0.1) is 26.4 Å². The number of rotatable bonds is 7. The van der Waals surface area contributed by atoms with Gasteiger partial charge in [0.2, 0.25) is 0 Å². The van der Waals surface area contributed by atoms with Crippen LogP contribution in [0.5, 0.6) is 17.2 Å². The van der Waals surface area contributed by atoms with Crippen LogP contribution < -0.4 is 24.8 Å². The summed E-state index contributed by atoms with van der Waals surface area (Å²) in [6.07, 6.45) is 0.694. The molecule has 0 aliphatic heterocycles. The van der Waals surface area contributed by atoms with Crippen LogP contribution in [-0.2, 0) is 6.42 Å². The van der Waals surface area contributed by atoms with E-state index < -0.39 is 0 Å². The van der Waals surface area contributed by atoms with E-state index in [-0.39, 0.29) is 11.0 Å². The molecule has 3 rings (SSSR count). The lowest BCUT2D eigenvalue weighted by molar-refractivity contribution is 0.0981.